The number of aliphatic carboxylic acids is 1. The van der Waals surface area contributed by atoms with Gasteiger partial charge in [-0.2, -0.15) is 0 Å². The van der Waals surface area contributed by atoms with Crippen LogP contribution in [0.1, 0.15) is 63.4 Å². The molecule has 3 rings (SSSR count). The lowest BCUT2D eigenvalue weighted by molar-refractivity contribution is -0.142. The molecular weight excluding hydrogens is 336 g/mol. The van der Waals surface area contributed by atoms with Crippen LogP contribution in [0.2, 0.25) is 17.6 Å². The minimum Gasteiger partial charge on any atom is -0.481 e. The van der Waals surface area contributed by atoms with E-state index >= 15 is 0 Å². The van der Waals surface area contributed by atoms with Gasteiger partial charge in [-0.05, 0) is 61.5 Å². The van der Waals surface area contributed by atoms with Crippen LogP contribution in [0.15, 0.2) is 43.0 Å². The number of hydrogen-bond donors (Lipinski definition) is 1. The van der Waals surface area contributed by atoms with Crippen molar-refractivity contribution in [3.63, 3.8) is 0 Å². The topological polar surface area (TPSA) is 37.3 Å². The van der Waals surface area contributed by atoms with Crippen molar-refractivity contribution >= 4 is 14.8 Å². The number of allylic oxidation sites excluding steroid dienone is 1. The third-order valence-electron chi connectivity index (χ3n) is 6.95. The molecule has 0 unspecified atom stereocenters. The Labute approximate surface area is 160 Å². The molecule has 1 aromatic rings. The van der Waals surface area contributed by atoms with E-state index < -0.39 is 5.97 Å². The lowest BCUT2D eigenvalue weighted by Gasteiger charge is -2.44. The van der Waals surface area contributed by atoms with Crippen molar-refractivity contribution in [3.8, 4) is 0 Å². The highest BCUT2D eigenvalue weighted by molar-refractivity contribution is 6.60. The summed E-state index contributed by atoms with van der Waals surface area (Å²) in [6.07, 6.45) is 12.9. The maximum absolute atomic E-state index is 11.2. The highest BCUT2D eigenvalue weighted by Gasteiger charge is 2.40. The number of carboxylic acid groups (broad SMARTS) is 1. The van der Waals surface area contributed by atoms with E-state index in [0.29, 0.717) is 5.41 Å². The molecule has 1 saturated carbocycles. The molecule has 1 N–H and O–H groups in total. The smallest absolute Gasteiger partial charge is 0.306 e. The minimum atomic E-state index is -0.569. The maximum atomic E-state index is 11.2. The Balaban J connectivity index is 1.61. The van der Waals surface area contributed by atoms with Crippen LogP contribution in [0, 0.1) is 5.92 Å². The third kappa shape index (κ3) is 4.48. The van der Waals surface area contributed by atoms with Gasteiger partial charge in [0.25, 0.3) is 0 Å². The maximum Gasteiger partial charge on any atom is 0.306 e. The molecule has 0 aromatic heterocycles. The fraction of sp³-hybridized carbons (Fsp3) is 0.609. The lowest BCUT2D eigenvalue weighted by atomic mass is 9.66. The molecule has 0 bridgehead atoms. The van der Waals surface area contributed by atoms with Crippen molar-refractivity contribution in [1.29, 1.82) is 0 Å². The molecule has 0 atom stereocenters. The van der Waals surface area contributed by atoms with E-state index in [9.17, 15) is 9.90 Å². The highest BCUT2D eigenvalue weighted by Crippen LogP contribution is 2.49. The quantitative estimate of drug-likeness (QED) is 0.352. The normalized spacial score (nSPS) is 27.9. The van der Waals surface area contributed by atoms with Gasteiger partial charge in [0.05, 0.1) is 14.7 Å². The molecular formula is C23H33O2Si. The van der Waals surface area contributed by atoms with Crippen molar-refractivity contribution in [2.45, 2.75) is 80.8 Å². The average Bonchev–Trinajstić information content (AvgIpc) is 2.69. The number of rotatable bonds is 7. The predicted molar refractivity (Wildman–Crippen MR) is 110 cm³/mol. The summed E-state index contributed by atoms with van der Waals surface area (Å²) in [5, 5.41) is 9.24. The van der Waals surface area contributed by atoms with Crippen LogP contribution >= 0.6 is 0 Å². The number of carbonyl (C=O) groups is 1. The minimum absolute atomic E-state index is 0.0605. The summed E-state index contributed by atoms with van der Waals surface area (Å²) in [4.78, 5) is 11.2. The number of benzene rings is 1. The van der Waals surface area contributed by atoms with Gasteiger partial charge in [-0.3, -0.25) is 4.79 Å². The fourth-order valence-electron chi connectivity index (χ4n) is 5.28. The van der Waals surface area contributed by atoms with Crippen molar-refractivity contribution in [2.24, 2.45) is 5.92 Å². The number of hydrogen-bond acceptors (Lipinski definition) is 1. The van der Waals surface area contributed by atoms with E-state index in [0.717, 1.165) is 24.8 Å². The summed E-state index contributed by atoms with van der Waals surface area (Å²) < 4.78 is 0. The zero-order valence-electron chi connectivity index (χ0n) is 16.0. The second-order valence-electron chi connectivity index (χ2n) is 8.37. The van der Waals surface area contributed by atoms with Crippen molar-refractivity contribution in [1.82, 2.24) is 0 Å². The summed E-state index contributed by atoms with van der Waals surface area (Å²) >= 11 is 0. The molecule has 1 aliphatic carbocycles. The van der Waals surface area contributed by atoms with Gasteiger partial charge in [-0.15, -0.1) is 6.58 Å². The van der Waals surface area contributed by atoms with Gasteiger partial charge >= 0.3 is 5.97 Å². The molecule has 1 heterocycles. The second kappa shape index (κ2) is 9.03. The summed E-state index contributed by atoms with van der Waals surface area (Å²) in [6.45, 7) is 3.89. The summed E-state index contributed by atoms with van der Waals surface area (Å²) in [6, 6.07) is 13.6. The van der Waals surface area contributed by atoms with Gasteiger partial charge < -0.3 is 5.11 Å². The highest BCUT2D eigenvalue weighted by atomic mass is 28.3. The van der Waals surface area contributed by atoms with Crippen LogP contribution in [0.4, 0.5) is 0 Å². The van der Waals surface area contributed by atoms with E-state index in [1.165, 1.54) is 56.2 Å². The van der Waals surface area contributed by atoms with Crippen molar-refractivity contribution in [3.05, 3.63) is 48.6 Å². The second-order valence-corrected chi connectivity index (χ2v) is 11.5. The molecule has 1 aliphatic heterocycles. The first-order chi connectivity index (χ1) is 12.6. The van der Waals surface area contributed by atoms with Crippen LogP contribution in [-0.2, 0) is 10.2 Å². The number of carboxylic acids is 1. The molecule has 0 spiro atoms. The first-order valence-corrected chi connectivity index (χ1v) is 12.4. The van der Waals surface area contributed by atoms with Gasteiger partial charge in [-0.1, -0.05) is 61.3 Å². The average molecular weight is 370 g/mol. The van der Waals surface area contributed by atoms with Crippen LogP contribution in [0.5, 0.6) is 0 Å². The molecule has 141 valence electrons. The Morgan fingerprint density at radius 3 is 2.38 bits per heavy atom. The van der Waals surface area contributed by atoms with Crippen LogP contribution in [0.3, 0.4) is 0 Å². The predicted octanol–water partition coefficient (Wildman–Crippen LogP) is 6.21. The Kier molecular flexibility index (Phi) is 6.74. The molecule has 2 nitrogen and oxygen atoms in total. The fourth-order valence-corrected chi connectivity index (χ4v) is 8.89. The lowest BCUT2D eigenvalue weighted by Crippen LogP contribution is -2.36. The Bertz CT molecular complexity index is 581. The van der Waals surface area contributed by atoms with Crippen molar-refractivity contribution < 1.29 is 9.90 Å². The first kappa shape index (κ1) is 19.4. The molecule has 2 aliphatic rings. The van der Waals surface area contributed by atoms with E-state index in [4.69, 9.17) is 0 Å². The molecule has 3 heteroatoms. The zero-order valence-corrected chi connectivity index (χ0v) is 17.0. The first-order valence-electron chi connectivity index (χ1n) is 10.4. The number of unbranched alkanes of at least 4 members (excludes halogenated alkanes) is 1. The zero-order chi connectivity index (χ0) is 18.4. The Hall–Kier alpha value is -1.35. The largest absolute Gasteiger partial charge is 0.481 e. The van der Waals surface area contributed by atoms with Gasteiger partial charge in [0, 0.05) is 0 Å². The van der Waals surface area contributed by atoms with E-state index in [-0.39, 0.29) is 14.7 Å². The Morgan fingerprint density at radius 1 is 1.15 bits per heavy atom. The van der Waals surface area contributed by atoms with Gasteiger partial charge in [0.2, 0.25) is 0 Å². The van der Waals surface area contributed by atoms with Gasteiger partial charge in [0.15, 0.2) is 0 Å². The van der Waals surface area contributed by atoms with Crippen LogP contribution in [0.25, 0.3) is 0 Å². The van der Waals surface area contributed by atoms with Gasteiger partial charge in [0.1, 0.15) is 0 Å². The third-order valence-corrected chi connectivity index (χ3v) is 10.5. The van der Waals surface area contributed by atoms with Gasteiger partial charge in [-0.25, -0.2) is 0 Å². The van der Waals surface area contributed by atoms with Crippen LogP contribution in [-0.4, -0.2) is 19.9 Å². The summed E-state index contributed by atoms with van der Waals surface area (Å²) in [5.41, 5.74) is 2.81. The molecule has 1 saturated heterocycles. The molecule has 1 aromatic carbocycles. The Morgan fingerprint density at radius 2 is 1.81 bits per heavy atom. The van der Waals surface area contributed by atoms with E-state index in [2.05, 4.69) is 43.0 Å². The standard InChI is InChI=1S/C23H33O2Si/c1-2-3-7-14-23(20-8-5-4-6-9-20)15-10-21(11-16-23)26-17-12-19(13-18-26)22(24)25/h2,4-6,8-9,19,21H,1,3,7,10-18H2,(H,24,25). The molecule has 0 amide bonds. The SMILES string of the molecule is C=CCCCC1(c2ccccc2)CCC([Si]2CCC(C(=O)O)CC2)CC1. The van der Waals surface area contributed by atoms with Crippen molar-refractivity contribution in [2.75, 3.05) is 0 Å². The molecule has 2 fully saturated rings. The summed E-state index contributed by atoms with van der Waals surface area (Å²) in [7, 11) is -0.349. The van der Waals surface area contributed by atoms with Crippen LogP contribution < -0.4 is 0 Å². The molecule has 26 heavy (non-hydrogen) atoms. The molecule has 1 radical (unpaired) electrons. The van der Waals surface area contributed by atoms with E-state index in [1.807, 2.05) is 0 Å². The monoisotopic (exact) mass is 369 g/mol. The summed E-state index contributed by atoms with van der Waals surface area (Å²) in [5.74, 6) is -0.630. The van der Waals surface area contributed by atoms with E-state index in [1.54, 1.807) is 0 Å².